The summed E-state index contributed by atoms with van der Waals surface area (Å²) < 4.78 is 7.32. The number of benzene rings is 2. The van der Waals surface area contributed by atoms with Gasteiger partial charge in [-0.3, -0.25) is 4.90 Å². The van der Waals surface area contributed by atoms with E-state index in [1.165, 1.54) is 10.4 Å². The van der Waals surface area contributed by atoms with Gasteiger partial charge in [-0.2, -0.15) is 0 Å². The molecule has 0 bridgehead atoms. The molecule has 0 amide bonds. The lowest BCUT2D eigenvalue weighted by atomic mass is 9.91. The van der Waals surface area contributed by atoms with Crippen LogP contribution in [0.5, 0.6) is 0 Å². The fourth-order valence-corrected chi connectivity index (χ4v) is 10.5. The van der Waals surface area contributed by atoms with E-state index in [2.05, 4.69) is 93.3 Å². The Morgan fingerprint density at radius 3 is 1.97 bits per heavy atom. The van der Waals surface area contributed by atoms with Crippen LogP contribution >= 0.6 is 0 Å². The smallest absolute Gasteiger partial charge is 0.261 e. The topological polar surface area (TPSA) is 32.7 Å². The number of rotatable bonds is 5. The summed E-state index contributed by atoms with van der Waals surface area (Å²) in [5.74, 6) is 0.649. The van der Waals surface area contributed by atoms with Gasteiger partial charge in [-0.25, -0.2) is 0 Å². The fourth-order valence-electron chi connectivity index (χ4n) is 5.88. The molecule has 2 aromatic carbocycles. The van der Waals surface area contributed by atoms with Crippen LogP contribution in [-0.2, 0) is 4.43 Å². The fraction of sp³-hybridized carbons (Fsp3) is 0.520. The minimum atomic E-state index is -2.53. The SMILES string of the molecule is C[C@@H]1CN2C[C@H](O[Si](c3ccccc3)(c3ccccc3)C(C)(C)C)C[C@]2(CO)C1. The highest BCUT2D eigenvalue weighted by Gasteiger charge is 2.56. The van der Waals surface area contributed by atoms with E-state index in [0.29, 0.717) is 5.92 Å². The summed E-state index contributed by atoms with van der Waals surface area (Å²) in [4.78, 5) is 2.50. The van der Waals surface area contributed by atoms with Gasteiger partial charge in [0.25, 0.3) is 8.32 Å². The van der Waals surface area contributed by atoms with Crippen LogP contribution in [0.15, 0.2) is 60.7 Å². The van der Waals surface area contributed by atoms with E-state index >= 15 is 0 Å². The summed E-state index contributed by atoms with van der Waals surface area (Å²) in [5.41, 5.74) is -0.0878. The second-order valence-electron chi connectivity index (χ2n) is 10.2. The Bertz CT molecular complexity index is 780. The largest absolute Gasteiger partial charge is 0.403 e. The van der Waals surface area contributed by atoms with Crippen LogP contribution in [0.4, 0.5) is 0 Å². The number of hydrogen-bond acceptors (Lipinski definition) is 3. The molecule has 0 unspecified atom stereocenters. The van der Waals surface area contributed by atoms with Gasteiger partial charge >= 0.3 is 0 Å². The van der Waals surface area contributed by atoms with E-state index in [-0.39, 0.29) is 23.3 Å². The highest BCUT2D eigenvalue weighted by Crippen LogP contribution is 2.45. The first-order valence-corrected chi connectivity index (χ1v) is 12.9. The average Bonchev–Trinajstić information content (AvgIpc) is 3.18. The van der Waals surface area contributed by atoms with Gasteiger partial charge < -0.3 is 9.53 Å². The third kappa shape index (κ3) is 3.50. The minimum absolute atomic E-state index is 0.0115. The van der Waals surface area contributed by atoms with Crippen LogP contribution in [0.3, 0.4) is 0 Å². The van der Waals surface area contributed by atoms with Gasteiger partial charge in [0.05, 0.1) is 12.7 Å². The van der Waals surface area contributed by atoms with Crippen LogP contribution in [-0.4, -0.2) is 49.7 Å². The van der Waals surface area contributed by atoms with Crippen LogP contribution in [0.2, 0.25) is 5.04 Å². The van der Waals surface area contributed by atoms with Gasteiger partial charge in [-0.05, 0) is 34.2 Å². The Labute approximate surface area is 176 Å². The molecule has 0 aromatic heterocycles. The molecule has 2 aliphatic heterocycles. The van der Waals surface area contributed by atoms with Crippen LogP contribution in [0, 0.1) is 5.92 Å². The van der Waals surface area contributed by atoms with Crippen molar-refractivity contribution < 1.29 is 9.53 Å². The maximum atomic E-state index is 10.3. The monoisotopic (exact) mass is 409 g/mol. The Kier molecular flexibility index (Phi) is 5.49. The molecule has 2 aliphatic rings. The van der Waals surface area contributed by atoms with Crippen molar-refractivity contribution in [3.05, 3.63) is 60.7 Å². The van der Waals surface area contributed by atoms with E-state index in [0.717, 1.165) is 25.9 Å². The maximum Gasteiger partial charge on any atom is 0.261 e. The summed E-state index contributed by atoms with van der Waals surface area (Å²) in [6.45, 7) is 11.5. The molecular weight excluding hydrogens is 374 g/mol. The lowest BCUT2D eigenvalue weighted by Gasteiger charge is -2.44. The molecule has 156 valence electrons. The highest BCUT2D eigenvalue weighted by molar-refractivity contribution is 6.99. The van der Waals surface area contributed by atoms with E-state index in [9.17, 15) is 5.11 Å². The van der Waals surface area contributed by atoms with Gasteiger partial charge in [-0.1, -0.05) is 88.4 Å². The molecule has 2 heterocycles. The molecule has 2 aromatic rings. The van der Waals surface area contributed by atoms with Crippen molar-refractivity contribution in [2.24, 2.45) is 5.92 Å². The molecule has 1 N–H and O–H groups in total. The average molecular weight is 410 g/mol. The first kappa shape index (κ1) is 20.8. The molecule has 0 radical (unpaired) electrons. The summed E-state index contributed by atoms with van der Waals surface area (Å²) in [6.07, 6.45) is 2.16. The molecule has 0 spiro atoms. The summed E-state index contributed by atoms with van der Waals surface area (Å²) in [6, 6.07) is 21.7. The van der Waals surface area contributed by atoms with E-state index in [1.807, 2.05) is 0 Å². The third-order valence-electron chi connectivity index (χ3n) is 7.02. The zero-order chi connectivity index (χ0) is 20.7. The first-order valence-electron chi connectivity index (χ1n) is 11.0. The van der Waals surface area contributed by atoms with Gasteiger partial charge in [-0.15, -0.1) is 0 Å². The molecule has 2 fully saturated rings. The standard InChI is InChI=1S/C25H35NO2Si/c1-20-15-25(19-27)16-21(18-26(25)17-20)28-29(24(2,3)4,22-11-7-5-8-12-22)23-13-9-6-10-14-23/h5-14,20-21,27H,15-19H2,1-4H3/t20-,21+,25-/m0/s1. The van der Waals surface area contributed by atoms with Crippen molar-refractivity contribution in [1.82, 2.24) is 4.90 Å². The second-order valence-corrected chi connectivity index (χ2v) is 14.5. The van der Waals surface area contributed by atoms with Crippen LogP contribution in [0.25, 0.3) is 0 Å². The normalized spacial score (nSPS) is 27.9. The van der Waals surface area contributed by atoms with E-state index in [4.69, 9.17) is 4.43 Å². The number of aliphatic hydroxyl groups is 1. The van der Waals surface area contributed by atoms with Crippen molar-refractivity contribution in [2.75, 3.05) is 19.7 Å². The van der Waals surface area contributed by atoms with Crippen molar-refractivity contribution in [2.45, 2.75) is 57.2 Å². The summed E-state index contributed by atoms with van der Waals surface area (Å²) >= 11 is 0. The minimum Gasteiger partial charge on any atom is -0.403 e. The van der Waals surface area contributed by atoms with Crippen LogP contribution < -0.4 is 10.4 Å². The molecule has 2 saturated heterocycles. The molecule has 0 aliphatic carbocycles. The Hall–Kier alpha value is -1.46. The van der Waals surface area contributed by atoms with Crippen molar-refractivity contribution in [1.29, 1.82) is 0 Å². The zero-order valence-corrected chi connectivity index (χ0v) is 19.3. The van der Waals surface area contributed by atoms with Gasteiger partial charge in [0.2, 0.25) is 0 Å². The van der Waals surface area contributed by atoms with Crippen LogP contribution in [0.1, 0.15) is 40.5 Å². The van der Waals surface area contributed by atoms with Gasteiger partial charge in [0.15, 0.2) is 0 Å². The number of nitrogens with zero attached hydrogens (tertiary/aromatic N) is 1. The lowest BCUT2D eigenvalue weighted by molar-refractivity contribution is 0.0990. The molecule has 3 nitrogen and oxygen atoms in total. The number of aliphatic hydroxyl groups excluding tert-OH is 1. The maximum absolute atomic E-state index is 10.3. The first-order chi connectivity index (χ1) is 13.8. The van der Waals surface area contributed by atoms with Crippen molar-refractivity contribution in [3.8, 4) is 0 Å². The Morgan fingerprint density at radius 1 is 0.966 bits per heavy atom. The molecular formula is C25H35NO2Si. The van der Waals surface area contributed by atoms with Crippen molar-refractivity contribution in [3.63, 3.8) is 0 Å². The molecule has 4 heteroatoms. The van der Waals surface area contributed by atoms with Crippen molar-refractivity contribution >= 4 is 18.7 Å². The summed E-state index contributed by atoms with van der Waals surface area (Å²) in [5, 5.41) is 12.9. The summed E-state index contributed by atoms with van der Waals surface area (Å²) in [7, 11) is -2.53. The van der Waals surface area contributed by atoms with E-state index in [1.54, 1.807) is 0 Å². The quantitative estimate of drug-likeness (QED) is 0.768. The number of hydrogen-bond donors (Lipinski definition) is 1. The van der Waals surface area contributed by atoms with E-state index < -0.39 is 8.32 Å². The molecule has 4 rings (SSSR count). The second kappa shape index (κ2) is 7.66. The molecule has 0 saturated carbocycles. The Morgan fingerprint density at radius 2 is 1.52 bits per heavy atom. The molecule has 29 heavy (non-hydrogen) atoms. The lowest BCUT2D eigenvalue weighted by Crippen LogP contribution is -2.67. The van der Waals surface area contributed by atoms with Gasteiger partial charge in [0.1, 0.15) is 0 Å². The Balaban J connectivity index is 1.76. The zero-order valence-electron chi connectivity index (χ0n) is 18.3. The third-order valence-corrected chi connectivity index (χ3v) is 12.1. The number of fused-ring (bicyclic) bond motifs is 1. The highest BCUT2D eigenvalue weighted by atomic mass is 28.4. The predicted molar refractivity (Wildman–Crippen MR) is 122 cm³/mol. The molecule has 3 atom stereocenters. The predicted octanol–water partition coefficient (Wildman–Crippen LogP) is 3.41. The van der Waals surface area contributed by atoms with Gasteiger partial charge in [0, 0.05) is 18.6 Å².